The van der Waals surface area contributed by atoms with Crippen LogP contribution in [0.15, 0.2) is 48.5 Å². The molecular weight excluding hydrogens is 304 g/mol. The molecule has 0 saturated heterocycles. The fourth-order valence-electron chi connectivity index (χ4n) is 2.35. The standard InChI is InChI=1S/C19H22N2O3/c1-19(2,3)13-9-5-6-10-14(13)20-17(22)18(23)21-15-11-7-8-12-16(15)24-4/h5-12H,1-4H3,(H,20,22)(H,21,23). The zero-order chi connectivity index (χ0) is 17.7. The van der Waals surface area contributed by atoms with Gasteiger partial charge in [0.25, 0.3) is 0 Å². The number of hydrogen-bond donors (Lipinski definition) is 2. The minimum absolute atomic E-state index is 0.150. The number of carbonyl (C=O) groups is 2. The zero-order valence-electron chi connectivity index (χ0n) is 14.3. The first-order chi connectivity index (χ1) is 11.3. The second-order valence-corrected chi connectivity index (χ2v) is 6.40. The zero-order valence-corrected chi connectivity index (χ0v) is 14.3. The van der Waals surface area contributed by atoms with Crippen LogP contribution < -0.4 is 15.4 Å². The molecule has 24 heavy (non-hydrogen) atoms. The third-order valence-corrected chi connectivity index (χ3v) is 3.54. The summed E-state index contributed by atoms with van der Waals surface area (Å²) in [4.78, 5) is 24.4. The largest absolute Gasteiger partial charge is 0.495 e. The van der Waals surface area contributed by atoms with Crippen molar-refractivity contribution >= 4 is 23.2 Å². The maximum Gasteiger partial charge on any atom is 0.314 e. The SMILES string of the molecule is COc1ccccc1NC(=O)C(=O)Nc1ccccc1C(C)(C)C. The number of para-hydroxylation sites is 3. The highest BCUT2D eigenvalue weighted by atomic mass is 16.5. The molecule has 2 N–H and O–H groups in total. The second kappa shape index (κ2) is 7.17. The predicted molar refractivity (Wildman–Crippen MR) is 95.4 cm³/mol. The molecule has 0 unspecified atom stereocenters. The molecule has 126 valence electrons. The molecule has 0 aromatic heterocycles. The van der Waals surface area contributed by atoms with Gasteiger partial charge in [0.1, 0.15) is 5.75 Å². The van der Waals surface area contributed by atoms with E-state index in [1.807, 2.05) is 39.0 Å². The van der Waals surface area contributed by atoms with Crippen molar-refractivity contribution < 1.29 is 14.3 Å². The molecule has 0 saturated carbocycles. The highest BCUT2D eigenvalue weighted by Gasteiger charge is 2.21. The van der Waals surface area contributed by atoms with E-state index in [2.05, 4.69) is 10.6 Å². The highest BCUT2D eigenvalue weighted by molar-refractivity contribution is 6.43. The summed E-state index contributed by atoms with van der Waals surface area (Å²) in [6.45, 7) is 6.15. The number of nitrogens with one attached hydrogen (secondary N) is 2. The maximum absolute atomic E-state index is 12.2. The normalized spacial score (nSPS) is 10.8. The molecule has 0 aliphatic carbocycles. The minimum Gasteiger partial charge on any atom is -0.495 e. The van der Waals surface area contributed by atoms with Crippen molar-refractivity contribution in [1.29, 1.82) is 0 Å². The lowest BCUT2D eigenvalue weighted by Gasteiger charge is -2.22. The molecule has 2 aromatic carbocycles. The fraction of sp³-hybridized carbons (Fsp3) is 0.263. The Morgan fingerprint density at radius 1 is 0.833 bits per heavy atom. The minimum atomic E-state index is -0.747. The van der Waals surface area contributed by atoms with Crippen molar-refractivity contribution in [2.24, 2.45) is 0 Å². The molecular formula is C19H22N2O3. The van der Waals surface area contributed by atoms with E-state index in [1.54, 1.807) is 30.3 Å². The number of methoxy groups -OCH3 is 1. The van der Waals surface area contributed by atoms with Crippen LogP contribution >= 0.6 is 0 Å². The lowest BCUT2D eigenvalue weighted by molar-refractivity contribution is -0.133. The quantitative estimate of drug-likeness (QED) is 0.847. The third-order valence-electron chi connectivity index (χ3n) is 3.54. The van der Waals surface area contributed by atoms with Gasteiger partial charge in [-0.25, -0.2) is 0 Å². The van der Waals surface area contributed by atoms with Crippen LogP contribution in [0.3, 0.4) is 0 Å². The first kappa shape index (κ1) is 17.5. The fourth-order valence-corrected chi connectivity index (χ4v) is 2.35. The van der Waals surface area contributed by atoms with Crippen molar-refractivity contribution in [3.63, 3.8) is 0 Å². The van der Waals surface area contributed by atoms with Crippen molar-refractivity contribution in [3.8, 4) is 5.75 Å². The van der Waals surface area contributed by atoms with Crippen LogP contribution in [0.5, 0.6) is 5.75 Å². The van der Waals surface area contributed by atoms with Crippen molar-refractivity contribution in [2.45, 2.75) is 26.2 Å². The molecule has 2 amide bonds. The van der Waals surface area contributed by atoms with E-state index in [0.29, 0.717) is 17.1 Å². The van der Waals surface area contributed by atoms with E-state index >= 15 is 0 Å². The van der Waals surface area contributed by atoms with Gasteiger partial charge in [-0.1, -0.05) is 51.1 Å². The lowest BCUT2D eigenvalue weighted by atomic mass is 9.86. The third kappa shape index (κ3) is 4.13. The summed E-state index contributed by atoms with van der Waals surface area (Å²) in [5.41, 5.74) is 1.89. The van der Waals surface area contributed by atoms with E-state index in [1.165, 1.54) is 7.11 Å². The van der Waals surface area contributed by atoms with Crippen molar-refractivity contribution in [3.05, 3.63) is 54.1 Å². The molecule has 0 fully saturated rings. The monoisotopic (exact) mass is 326 g/mol. The predicted octanol–water partition coefficient (Wildman–Crippen LogP) is 3.57. The van der Waals surface area contributed by atoms with Crippen LogP contribution in [-0.4, -0.2) is 18.9 Å². The van der Waals surface area contributed by atoms with Gasteiger partial charge in [-0.05, 0) is 29.2 Å². The number of amides is 2. The first-order valence-corrected chi connectivity index (χ1v) is 7.68. The molecule has 0 aliphatic rings. The van der Waals surface area contributed by atoms with E-state index in [9.17, 15) is 9.59 Å². The summed E-state index contributed by atoms with van der Waals surface area (Å²) in [6.07, 6.45) is 0. The molecule has 0 spiro atoms. The number of hydrogen-bond acceptors (Lipinski definition) is 3. The Labute approximate surface area is 142 Å². The summed E-state index contributed by atoms with van der Waals surface area (Å²) >= 11 is 0. The van der Waals surface area contributed by atoms with Gasteiger partial charge in [0.2, 0.25) is 0 Å². The van der Waals surface area contributed by atoms with Crippen LogP contribution in [0.25, 0.3) is 0 Å². The molecule has 2 rings (SSSR count). The Kier molecular flexibility index (Phi) is 5.24. The van der Waals surface area contributed by atoms with Gasteiger partial charge in [0, 0.05) is 5.69 Å². The van der Waals surface area contributed by atoms with E-state index in [4.69, 9.17) is 4.74 Å². The highest BCUT2D eigenvalue weighted by Crippen LogP contribution is 2.29. The number of anilines is 2. The van der Waals surface area contributed by atoms with Gasteiger partial charge in [-0.3, -0.25) is 9.59 Å². The van der Waals surface area contributed by atoms with Gasteiger partial charge >= 0.3 is 11.8 Å². The van der Waals surface area contributed by atoms with Gasteiger partial charge in [0.15, 0.2) is 0 Å². The van der Waals surface area contributed by atoms with Crippen LogP contribution in [0.1, 0.15) is 26.3 Å². The maximum atomic E-state index is 12.2. The lowest BCUT2D eigenvalue weighted by Crippen LogP contribution is -2.30. The summed E-state index contributed by atoms with van der Waals surface area (Å²) in [5.74, 6) is -0.977. The molecule has 0 heterocycles. The molecule has 5 nitrogen and oxygen atoms in total. The van der Waals surface area contributed by atoms with Gasteiger partial charge < -0.3 is 15.4 Å². The molecule has 5 heteroatoms. The Morgan fingerprint density at radius 2 is 1.33 bits per heavy atom. The topological polar surface area (TPSA) is 67.4 Å². The Balaban J connectivity index is 2.15. The van der Waals surface area contributed by atoms with Crippen LogP contribution in [0, 0.1) is 0 Å². The Bertz CT molecular complexity index is 748. The number of ether oxygens (including phenoxy) is 1. The average molecular weight is 326 g/mol. The Morgan fingerprint density at radius 3 is 1.92 bits per heavy atom. The summed E-state index contributed by atoms with van der Waals surface area (Å²) < 4.78 is 5.16. The van der Waals surface area contributed by atoms with Crippen LogP contribution in [-0.2, 0) is 15.0 Å². The molecule has 0 bridgehead atoms. The van der Waals surface area contributed by atoms with Crippen LogP contribution in [0.4, 0.5) is 11.4 Å². The van der Waals surface area contributed by atoms with Gasteiger partial charge in [-0.2, -0.15) is 0 Å². The molecule has 2 aromatic rings. The van der Waals surface area contributed by atoms with Crippen LogP contribution in [0.2, 0.25) is 0 Å². The van der Waals surface area contributed by atoms with E-state index in [0.717, 1.165) is 5.56 Å². The molecule has 0 aliphatic heterocycles. The number of carbonyl (C=O) groups excluding carboxylic acids is 2. The van der Waals surface area contributed by atoms with Crippen molar-refractivity contribution in [2.75, 3.05) is 17.7 Å². The van der Waals surface area contributed by atoms with Gasteiger partial charge in [0.05, 0.1) is 12.8 Å². The first-order valence-electron chi connectivity index (χ1n) is 7.68. The molecule has 0 atom stereocenters. The second-order valence-electron chi connectivity index (χ2n) is 6.40. The number of rotatable bonds is 3. The molecule has 0 radical (unpaired) electrons. The Hall–Kier alpha value is -2.82. The summed E-state index contributed by atoms with van der Waals surface area (Å²) in [7, 11) is 1.50. The van der Waals surface area contributed by atoms with Crippen molar-refractivity contribution in [1.82, 2.24) is 0 Å². The summed E-state index contributed by atoms with van der Waals surface area (Å²) in [6, 6.07) is 14.4. The van der Waals surface area contributed by atoms with E-state index < -0.39 is 11.8 Å². The van der Waals surface area contributed by atoms with Gasteiger partial charge in [-0.15, -0.1) is 0 Å². The number of benzene rings is 2. The average Bonchev–Trinajstić information content (AvgIpc) is 2.54. The summed E-state index contributed by atoms with van der Waals surface area (Å²) in [5, 5.41) is 5.25. The smallest absolute Gasteiger partial charge is 0.314 e. The van der Waals surface area contributed by atoms with E-state index in [-0.39, 0.29) is 5.41 Å².